The Kier molecular flexibility index (Phi) is 13.8. The summed E-state index contributed by atoms with van der Waals surface area (Å²) in [7, 11) is 2.22. The molecule has 1 fully saturated rings. The van der Waals surface area contributed by atoms with Crippen molar-refractivity contribution in [1.82, 2.24) is 4.90 Å². The van der Waals surface area contributed by atoms with Gasteiger partial charge in [-0.15, -0.1) is 0 Å². The molecule has 0 radical (unpaired) electrons. The van der Waals surface area contributed by atoms with Crippen LogP contribution in [0.1, 0.15) is 92.1 Å². The maximum absolute atomic E-state index is 4.29. The van der Waals surface area contributed by atoms with Crippen LogP contribution < -0.4 is 5.32 Å². The SMILES string of the molecule is C=C1N(C)C(CCC)CC1(CC)CC.CCC.CCCNc1ccc(C)cc1. The molecule has 1 heterocycles. The number of hydrogen-bond acceptors (Lipinski definition) is 2. The number of rotatable bonds is 7. The Hall–Kier alpha value is -1.44. The van der Waals surface area contributed by atoms with Gasteiger partial charge < -0.3 is 10.2 Å². The zero-order valence-electron chi connectivity index (χ0n) is 20.2. The van der Waals surface area contributed by atoms with Crippen LogP contribution in [0.2, 0.25) is 0 Å². The number of benzene rings is 1. The summed E-state index contributed by atoms with van der Waals surface area (Å²) >= 11 is 0. The molecule has 2 rings (SSSR count). The molecular formula is C26H48N2. The van der Waals surface area contributed by atoms with Crippen LogP contribution in [0.3, 0.4) is 0 Å². The number of nitrogens with one attached hydrogen (secondary N) is 1. The summed E-state index contributed by atoms with van der Waals surface area (Å²) in [5.74, 6) is 0. The summed E-state index contributed by atoms with van der Waals surface area (Å²) in [5.41, 5.74) is 4.32. The largest absolute Gasteiger partial charge is 0.385 e. The first-order valence-electron chi connectivity index (χ1n) is 11.6. The van der Waals surface area contributed by atoms with Gasteiger partial charge in [-0.1, -0.05) is 78.7 Å². The van der Waals surface area contributed by atoms with Crippen molar-refractivity contribution in [2.75, 3.05) is 18.9 Å². The highest BCUT2D eigenvalue weighted by Gasteiger charge is 2.42. The summed E-state index contributed by atoms with van der Waals surface area (Å²) < 4.78 is 0. The molecule has 0 aliphatic carbocycles. The van der Waals surface area contributed by atoms with Crippen LogP contribution in [0.15, 0.2) is 36.5 Å². The first kappa shape index (κ1) is 26.6. The summed E-state index contributed by atoms with van der Waals surface area (Å²) in [6.07, 6.45) is 8.83. The predicted molar refractivity (Wildman–Crippen MR) is 129 cm³/mol. The van der Waals surface area contributed by atoms with Crippen molar-refractivity contribution in [3.8, 4) is 0 Å². The zero-order valence-corrected chi connectivity index (χ0v) is 20.2. The smallest absolute Gasteiger partial charge is 0.0340 e. The Morgan fingerprint density at radius 1 is 1.00 bits per heavy atom. The van der Waals surface area contributed by atoms with Gasteiger partial charge in [-0.3, -0.25) is 0 Å². The fourth-order valence-electron chi connectivity index (χ4n) is 3.82. The average molecular weight is 389 g/mol. The summed E-state index contributed by atoms with van der Waals surface area (Å²) in [4.78, 5) is 2.43. The van der Waals surface area contributed by atoms with Gasteiger partial charge in [0.25, 0.3) is 0 Å². The molecule has 2 heteroatoms. The molecule has 162 valence electrons. The highest BCUT2D eigenvalue weighted by molar-refractivity contribution is 5.44. The fourth-order valence-corrected chi connectivity index (χ4v) is 3.82. The summed E-state index contributed by atoms with van der Waals surface area (Å²) in [6, 6.07) is 9.22. The first-order chi connectivity index (χ1) is 13.3. The molecule has 1 saturated heterocycles. The van der Waals surface area contributed by atoms with Gasteiger partial charge in [0.05, 0.1) is 0 Å². The monoisotopic (exact) mass is 388 g/mol. The molecule has 0 aromatic heterocycles. The lowest BCUT2D eigenvalue weighted by molar-refractivity contribution is 0.321. The maximum Gasteiger partial charge on any atom is 0.0340 e. The van der Waals surface area contributed by atoms with E-state index in [1.165, 1.54) is 61.9 Å². The van der Waals surface area contributed by atoms with Crippen molar-refractivity contribution in [2.24, 2.45) is 5.41 Å². The molecule has 0 spiro atoms. The van der Waals surface area contributed by atoms with E-state index < -0.39 is 0 Å². The Balaban J connectivity index is 0.000000466. The molecule has 1 aliphatic heterocycles. The van der Waals surface area contributed by atoms with Crippen LogP contribution >= 0.6 is 0 Å². The summed E-state index contributed by atoms with van der Waals surface area (Å²) in [6.45, 7) is 20.7. The molecule has 1 unspecified atom stereocenters. The van der Waals surface area contributed by atoms with Crippen molar-refractivity contribution < 1.29 is 0 Å². The van der Waals surface area contributed by atoms with Crippen LogP contribution in [0.25, 0.3) is 0 Å². The van der Waals surface area contributed by atoms with E-state index in [2.05, 4.69) is 96.6 Å². The van der Waals surface area contributed by atoms with Crippen molar-refractivity contribution in [3.05, 3.63) is 42.1 Å². The van der Waals surface area contributed by atoms with Crippen molar-refractivity contribution in [2.45, 2.75) is 99.5 Å². The van der Waals surface area contributed by atoms with Gasteiger partial charge >= 0.3 is 0 Å². The number of anilines is 1. The second kappa shape index (κ2) is 14.5. The quantitative estimate of drug-likeness (QED) is 0.508. The highest BCUT2D eigenvalue weighted by Crippen LogP contribution is 2.48. The zero-order chi connectivity index (χ0) is 21.6. The third-order valence-electron chi connectivity index (χ3n) is 5.82. The van der Waals surface area contributed by atoms with Crippen LogP contribution in [0.5, 0.6) is 0 Å². The second-order valence-corrected chi connectivity index (χ2v) is 8.19. The highest BCUT2D eigenvalue weighted by atomic mass is 15.2. The second-order valence-electron chi connectivity index (χ2n) is 8.19. The number of nitrogens with zero attached hydrogens (tertiary/aromatic N) is 1. The van der Waals surface area contributed by atoms with Crippen molar-refractivity contribution in [1.29, 1.82) is 0 Å². The molecular weight excluding hydrogens is 340 g/mol. The normalized spacial score (nSPS) is 17.4. The Morgan fingerprint density at radius 2 is 1.54 bits per heavy atom. The topological polar surface area (TPSA) is 15.3 Å². The van der Waals surface area contributed by atoms with Gasteiger partial charge in [0, 0.05) is 36.4 Å². The number of allylic oxidation sites excluding steroid dienone is 1. The molecule has 0 bridgehead atoms. The molecule has 0 amide bonds. The van der Waals surface area contributed by atoms with Crippen LogP contribution in [-0.2, 0) is 0 Å². The van der Waals surface area contributed by atoms with Crippen LogP contribution in [0.4, 0.5) is 5.69 Å². The molecule has 0 saturated carbocycles. The fraction of sp³-hybridized carbons (Fsp3) is 0.692. The minimum Gasteiger partial charge on any atom is -0.385 e. The number of hydrogen-bond donors (Lipinski definition) is 1. The predicted octanol–water partition coefficient (Wildman–Crippen LogP) is 8.04. The molecule has 2 nitrogen and oxygen atoms in total. The van der Waals surface area contributed by atoms with Gasteiger partial charge in [-0.25, -0.2) is 0 Å². The van der Waals surface area contributed by atoms with Crippen molar-refractivity contribution >= 4 is 5.69 Å². The minimum atomic E-state index is 0.411. The Bertz CT molecular complexity index is 514. The maximum atomic E-state index is 4.29. The lowest BCUT2D eigenvalue weighted by Crippen LogP contribution is -2.23. The lowest BCUT2D eigenvalue weighted by atomic mass is 9.78. The van der Waals surface area contributed by atoms with Gasteiger partial charge in [0.1, 0.15) is 0 Å². The van der Waals surface area contributed by atoms with Gasteiger partial charge in [-0.05, 0) is 51.2 Å². The van der Waals surface area contributed by atoms with E-state index >= 15 is 0 Å². The van der Waals surface area contributed by atoms with Gasteiger partial charge in [0.15, 0.2) is 0 Å². The van der Waals surface area contributed by atoms with E-state index in [4.69, 9.17) is 0 Å². The first-order valence-corrected chi connectivity index (χ1v) is 11.6. The number of likely N-dealkylation sites (tertiary alicyclic amines) is 1. The standard InChI is InChI=1S/C13H25N.C10H15N.C3H8/c1-6-9-12-10-13(7-2,8-3)11(4)14(12)5;1-3-8-11-10-6-4-9(2)5-7-10;1-3-2/h12H,4,6-10H2,1-3,5H3;4-7,11H,3,8H2,1-2H3;3H2,1-2H3. The molecule has 1 atom stereocenters. The molecule has 1 aromatic rings. The molecule has 1 aliphatic rings. The minimum absolute atomic E-state index is 0.411. The third kappa shape index (κ3) is 8.29. The Labute approximate surface area is 176 Å². The lowest BCUT2D eigenvalue weighted by Gasteiger charge is -2.28. The van der Waals surface area contributed by atoms with Crippen molar-refractivity contribution in [3.63, 3.8) is 0 Å². The average Bonchev–Trinajstić information content (AvgIpc) is 2.94. The summed E-state index contributed by atoms with van der Waals surface area (Å²) in [5, 5.41) is 3.32. The van der Waals surface area contributed by atoms with E-state index in [1.807, 2.05) is 0 Å². The molecule has 1 N–H and O–H groups in total. The van der Waals surface area contributed by atoms with E-state index in [1.54, 1.807) is 0 Å². The van der Waals surface area contributed by atoms with E-state index in [-0.39, 0.29) is 0 Å². The van der Waals surface area contributed by atoms with E-state index in [9.17, 15) is 0 Å². The van der Waals surface area contributed by atoms with Crippen LogP contribution in [0, 0.1) is 12.3 Å². The number of aryl methyl sites for hydroxylation is 1. The molecule has 1 aromatic carbocycles. The van der Waals surface area contributed by atoms with E-state index in [0.717, 1.165) is 12.6 Å². The third-order valence-corrected chi connectivity index (χ3v) is 5.82. The van der Waals surface area contributed by atoms with Crippen LogP contribution in [-0.4, -0.2) is 24.5 Å². The Morgan fingerprint density at radius 3 is 1.93 bits per heavy atom. The van der Waals surface area contributed by atoms with Gasteiger partial charge in [0.2, 0.25) is 0 Å². The molecule has 28 heavy (non-hydrogen) atoms. The van der Waals surface area contributed by atoms with E-state index in [0.29, 0.717) is 5.41 Å². The van der Waals surface area contributed by atoms with Gasteiger partial charge in [-0.2, -0.15) is 0 Å².